The van der Waals surface area contributed by atoms with E-state index in [2.05, 4.69) is 4.98 Å². The molecule has 0 aliphatic rings. The van der Waals surface area contributed by atoms with E-state index in [1.165, 1.54) is 0 Å². The third-order valence-electron chi connectivity index (χ3n) is 4.13. The molecular formula is C22H22N2O3. The zero-order valence-corrected chi connectivity index (χ0v) is 15.5. The number of aromatic nitrogens is 1. The lowest BCUT2D eigenvalue weighted by molar-refractivity contribution is -0.120. The number of amides is 1. The molecule has 0 fully saturated rings. The maximum Gasteiger partial charge on any atom is 0.265 e. The quantitative estimate of drug-likeness (QED) is 0.637. The number of para-hydroxylation sites is 2. The van der Waals surface area contributed by atoms with Crippen LogP contribution in [0, 0.1) is 6.92 Å². The van der Waals surface area contributed by atoms with Gasteiger partial charge in [0.25, 0.3) is 5.91 Å². The van der Waals surface area contributed by atoms with E-state index in [4.69, 9.17) is 9.47 Å². The SMILES string of the molecule is COc1ccccc1OCC(=O)N(Cc1cccnc1)c1ccc(C)cc1. The van der Waals surface area contributed by atoms with Gasteiger partial charge in [0.2, 0.25) is 0 Å². The van der Waals surface area contributed by atoms with Gasteiger partial charge in [-0.1, -0.05) is 35.9 Å². The van der Waals surface area contributed by atoms with Crippen molar-refractivity contribution in [3.63, 3.8) is 0 Å². The van der Waals surface area contributed by atoms with E-state index in [9.17, 15) is 4.79 Å². The zero-order chi connectivity index (χ0) is 19.1. The van der Waals surface area contributed by atoms with Crippen molar-refractivity contribution < 1.29 is 14.3 Å². The van der Waals surface area contributed by atoms with Gasteiger partial charge in [0, 0.05) is 18.1 Å². The summed E-state index contributed by atoms with van der Waals surface area (Å²) in [6.07, 6.45) is 3.47. The number of hydrogen-bond acceptors (Lipinski definition) is 4. The van der Waals surface area contributed by atoms with Crippen LogP contribution in [0.2, 0.25) is 0 Å². The molecule has 0 bridgehead atoms. The Morgan fingerprint density at radius 1 is 1.00 bits per heavy atom. The second-order valence-electron chi connectivity index (χ2n) is 6.12. The van der Waals surface area contributed by atoms with E-state index < -0.39 is 0 Å². The fourth-order valence-electron chi connectivity index (χ4n) is 2.68. The van der Waals surface area contributed by atoms with Gasteiger partial charge in [-0.3, -0.25) is 9.78 Å². The lowest BCUT2D eigenvalue weighted by atomic mass is 10.2. The second kappa shape index (κ2) is 8.85. The molecule has 27 heavy (non-hydrogen) atoms. The monoisotopic (exact) mass is 362 g/mol. The summed E-state index contributed by atoms with van der Waals surface area (Å²) in [7, 11) is 1.57. The highest BCUT2D eigenvalue weighted by Gasteiger charge is 2.18. The van der Waals surface area contributed by atoms with Crippen LogP contribution in [0.15, 0.2) is 73.1 Å². The van der Waals surface area contributed by atoms with Gasteiger partial charge < -0.3 is 14.4 Å². The molecule has 0 atom stereocenters. The number of rotatable bonds is 7. The first kappa shape index (κ1) is 18.5. The maximum absolute atomic E-state index is 12.9. The molecule has 1 heterocycles. The van der Waals surface area contributed by atoms with Gasteiger partial charge in [-0.25, -0.2) is 0 Å². The summed E-state index contributed by atoms with van der Waals surface area (Å²) in [4.78, 5) is 18.8. The van der Waals surface area contributed by atoms with Crippen molar-refractivity contribution in [3.05, 3.63) is 84.2 Å². The normalized spacial score (nSPS) is 10.3. The summed E-state index contributed by atoms with van der Waals surface area (Å²) in [5.74, 6) is 0.992. The first-order chi connectivity index (χ1) is 13.2. The number of carbonyl (C=O) groups excluding carboxylic acids is 1. The van der Waals surface area contributed by atoms with Crippen molar-refractivity contribution in [1.82, 2.24) is 4.98 Å². The number of benzene rings is 2. The Kier molecular flexibility index (Phi) is 6.05. The van der Waals surface area contributed by atoms with Crippen molar-refractivity contribution >= 4 is 11.6 Å². The molecule has 3 aromatic rings. The van der Waals surface area contributed by atoms with E-state index in [0.29, 0.717) is 18.0 Å². The van der Waals surface area contributed by atoms with Crippen molar-refractivity contribution in [2.45, 2.75) is 13.5 Å². The van der Waals surface area contributed by atoms with Gasteiger partial charge in [-0.2, -0.15) is 0 Å². The van der Waals surface area contributed by atoms with Crippen LogP contribution >= 0.6 is 0 Å². The standard InChI is InChI=1S/C22H22N2O3/c1-17-9-11-19(12-10-17)24(15-18-6-5-13-23-14-18)22(25)16-27-21-8-4-3-7-20(21)26-2/h3-14H,15-16H2,1-2H3. The van der Waals surface area contributed by atoms with Gasteiger partial charge >= 0.3 is 0 Å². The third-order valence-corrected chi connectivity index (χ3v) is 4.13. The molecule has 1 amide bonds. The molecule has 5 nitrogen and oxygen atoms in total. The lowest BCUT2D eigenvalue weighted by Crippen LogP contribution is -2.34. The molecule has 0 radical (unpaired) electrons. The Morgan fingerprint density at radius 2 is 1.74 bits per heavy atom. The summed E-state index contributed by atoms with van der Waals surface area (Å²) in [5.41, 5.74) is 2.90. The highest BCUT2D eigenvalue weighted by molar-refractivity contribution is 5.94. The minimum absolute atomic E-state index is 0.0888. The van der Waals surface area contributed by atoms with Crippen molar-refractivity contribution in [1.29, 1.82) is 0 Å². The van der Waals surface area contributed by atoms with E-state index in [1.54, 1.807) is 36.5 Å². The van der Waals surface area contributed by atoms with Crippen LogP contribution in [-0.4, -0.2) is 24.6 Å². The van der Waals surface area contributed by atoms with Gasteiger partial charge in [-0.15, -0.1) is 0 Å². The van der Waals surface area contributed by atoms with Gasteiger partial charge in [0.05, 0.1) is 13.7 Å². The predicted molar refractivity (Wildman–Crippen MR) is 105 cm³/mol. The average Bonchev–Trinajstić information content (AvgIpc) is 2.72. The van der Waals surface area contributed by atoms with E-state index in [0.717, 1.165) is 16.8 Å². The van der Waals surface area contributed by atoms with E-state index in [-0.39, 0.29) is 12.5 Å². The molecule has 0 saturated heterocycles. The van der Waals surface area contributed by atoms with E-state index in [1.807, 2.05) is 55.5 Å². The number of hydrogen-bond donors (Lipinski definition) is 0. The predicted octanol–water partition coefficient (Wildman–Crippen LogP) is 4.01. The van der Waals surface area contributed by atoms with Crippen LogP contribution in [0.5, 0.6) is 11.5 Å². The largest absolute Gasteiger partial charge is 0.493 e. The van der Waals surface area contributed by atoms with Crippen molar-refractivity contribution in [2.75, 3.05) is 18.6 Å². The first-order valence-electron chi connectivity index (χ1n) is 8.69. The fourth-order valence-corrected chi connectivity index (χ4v) is 2.68. The minimum Gasteiger partial charge on any atom is -0.493 e. The Bertz CT molecular complexity index is 880. The Balaban J connectivity index is 1.78. The third kappa shape index (κ3) is 4.85. The summed E-state index contributed by atoms with van der Waals surface area (Å²) in [5, 5.41) is 0. The van der Waals surface area contributed by atoms with Crippen LogP contribution < -0.4 is 14.4 Å². The highest BCUT2D eigenvalue weighted by atomic mass is 16.5. The number of aryl methyl sites for hydroxylation is 1. The molecule has 0 aliphatic heterocycles. The minimum atomic E-state index is -0.145. The number of ether oxygens (including phenoxy) is 2. The van der Waals surface area contributed by atoms with Crippen molar-refractivity contribution in [3.8, 4) is 11.5 Å². The maximum atomic E-state index is 12.9. The molecular weight excluding hydrogens is 340 g/mol. The molecule has 0 aliphatic carbocycles. The topological polar surface area (TPSA) is 51.7 Å². The smallest absolute Gasteiger partial charge is 0.265 e. The summed E-state index contributed by atoms with van der Waals surface area (Å²) < 4.78 is 11.0. The molecule has 0 unspecified atom stereocenters. The Hall–Kier alpha value is -3.34. The number of pyridine rings is 1. The fraction of sp³-hybridized carbons (Fsp3) is 0.182. The van der Waals surface area contributed by atoms with Crippen LogP contribution in [-0.2, 0) is 11.3 Å². The molecule has 3 rings (SSSR count). The summed E-state index contributed by atoms with van der Waals surface area (Å²) >= 11 is 0. The molecule has 0 N–H and O–H groups in total. The van der Waals surface area contributed by atoms with Gasteiger partial charge in [0.15, 0.2) is 18.1 Å². The Labute approximate surface area is 159 Å². The van der Waals surface area contributed by atoms with Crippen LogP contribution in [0.1, 0.15) is 11.1 Å². The molecule has 138 valence electrons. The molecule has 2 aromatic carbocycles. The number of carbonyl (C=O) groups is 1. The Morgan fingerprint density at radius 3 is 2.41 bits per heavy atom. The zero-order valence-electron chi connectivity index (χ0n) is 15.5. The number of anilines is 1. The number of methoxy groups -OCH3 is 1. The number of nitrogens with zero attached hydrogens (tertiary/aromatic N) is 2. The molecule has 1 aromatic heterocycles. The molecule has 0 saturated carbocycles. The van der Waals surface area contributed by atoms with Crippen molar-refractivity contribution in [2.24, 2.45) is 0 Å². The second-order valence-corrected chi connectivity index (χ2v) is 6.12. The van der Waals surface area contributed by atoms with Crippen LogP contribution in [0.25, 0.3) is 0 Å². The summed E-state index contributed by atoms with van der Waals surface area (Å²) in [6.45, 7) is 2.35. The van der Waals surface area contributed by atoms with Crippen LogP contribution in [0.4, 0.5) is 5.69 Å². The summed E-state index contributed by atoms with van der Waals surface area (Å²) in [6, 6.07) is 18.9. The lowest BCUT2D eigenvalue weighted by Gasteiger charge is -2.23. The molecule has 5 heteroatoms. The average molecular weight is 362 g/mol. The van der Waals surface area contributed by atoms with Gasteiger partial charge in [0.1, 0.15) is 0 Å². The molecule has 0 spiro atoms. The van der Waals surface area contributed by atoms with Gasteiger partial charge in [-0.05, 0) is 42.8 Å². The first-order valence-corrected chi connectivity index (χ1v) is 8.69. The highest BCUT2D eigenvalue weighted by Crippen LogP contribution is 2.26. The van der Waals surface area contributed by atoms with Crippen LogP contribution in [0.3, 0.4) is 0 Å². The van der Waals surface area contributed by atoms with E-state index >= 15 is 0 Å².